The van der Waals surface area contributed by atoms with E-state index in [0.29, 0.717) is 16.5 Å². The molecule has 18 heavy (non-hydrogen) atoms. The largest absolute Gasteiger partial charge is 0.464 e. The van der Waals surface area contributed by atoms with E-state index in [2.05, 4.69) is 0 Å². The fourth-order valence-electron chi connectivity index (χ4n) is 1.89. The summed E-state index contributed by atoms with van der Waals surface area (Å²) in [7, 11) is 0. The molecule has 0 bridgehead atoms. The van der Waals surface area contributed by atoms with Crippen molar-refractivity contribution in [2.24, 2.45) is 5.73 Å². The molecule has 1 aromatic heterocycles. The maximum atomic E-state index is 12.8. The summed E-state index contributed by atoms with van der Waals surface area (Å²) in [6, 6.07) is 3.50. The van der Waals surface area contributed by atoms with E-state index in [1.165, 1.54) is 12.3 Å². The summed E-state index contributed by atoms with van der Waals surface area (Å²) < 4.78 is 43.7. The predicted octanol–water partition coefficient (Wildman–Crippen LogP) is 3.90. The van der Waals surface area contributed by atoms with Gasteiger partial charge < -0.3 is 10.2 Å². The van der Waals surface area contributed by atoms with Crippen molar-refractivity contribution < 1.29 is 17.6 Å². The second kappa shape index (κ2) is 4.31. The summed E-state index contributed by atoms with van der Waals surface area (Å²) in [5, 5.41) is 0.451. The first kappa shape index (κ1) is 13.0. The highest BCUT2D eigenvalue weighted by atomic mass is 19.4. The van der Waals surface area contributed by atoms with E-state index >= 15 is 0 Å². The van der Waals surface area contributed by atoms with E-state index in [9.17, 15) is 13.2 Å². The highest BCUT2D eigenvalue weighted by Crippen LogP contribution is 2.36. The molecular formula is C13H14F3NO. The van der Waals surface area contributed by atoms with E-state index in [1.807, 2.05) is 0 Å². The predicted molar refractivity (Wildman–Crippen MR) is 63.3 cm³/mol. The Hall–Kier alpha value is -1.49. The van der Waals surface area contributed by atoms with Gasteiger partial charge in [-0.05, 0) is 31.0 Å². The molecule has 2 atom stereocenters. The molecule has 0 aliphatic heterocycles. The number of rotatable bonds is 2. The highest BCUT2D eigenvalue weighted by molar-refractivity contribution is 5.82. The molecule has 5 heteroatoms. The summed E-state index contributed by atoms with van der Waals surface area (Å²) >= 11 is 0. The van der Waals surface area contributed by atoms with Gasteiger partial charge in [0.15, 0.2) is 0 Å². The van der Waals surface area contributed by atoms with Gasteiger partial charge in [0, 0.05) is 17.0 Å². The smallest absolute Gasteiger partial charge is 0.416 e. The van der Waals surface area contributed by atoms with Crippen molar-refractivity contribution in [1.82, 2.24) is 0 Å². The normalized spacial score (nSPS) is 15.9. The molecule has 1 heterocycles. The van der Waals surface area contributed by atoms with Crippen LogP contribution in [0.5, 0.6) is 0 Å². The van der Waals surface area contributed by atoms with Gasteiger partial charge in [0.1, 0.15) is 5.58 Å². The SMILES string of the molecule is CC(N)C(C)c1cc(C(F)(F)F)cc2ccoc12. The molecule has 0 saturated carbocycles. The number of benzene rings is 1. The number of furan rings is 1. The van der Waals surface area contributed by atoms with Crippen LogP contribution in [0.25, 0.3) is 11.0 Å². The van der Waals surface area contributed by atoms with Crippen LogP contribution in [0, 0.1) is 0 Å². The second-order valence-electron chi connectivity index (χ2n) is 4.55. The fourth-order valence-corrected chi connectivity index (χ4v) is 1.89. The Morgan fingerprint density at radius 2 is 1.89 bits per heavy atom. The average molecular weight is 257 g/mol. The number of hydrogen-bond acceptors (Lipinski definition) is 2. The van der Waals surface area contributed by atoms with Crippen LogP contribution in [-0.4, -0.2) is 6.04 Å². The second-order valence-corrected chi connectivity index (χ2v) is 4.55. The van der Waals surface area contributed by atoms with Gasteiger partial charge in [0.05, 0.1) is 11.8 Å². The maximum Gasteiger partial charge on any atom is 0.416 e. The van der Waals surface area contributed by atoms with Crippen molar-refractivity contribution in [3.8, 4) is 0 Å². The third kappa shape index (κ3) is 2.22. The number of alkyl halides is 3. The molecule has 2 unspecified atom stereocenters. The van der Waals surface area contributed by atoms with Crippen LogP contribution in [0.1, 0.15) is 30.9 Å². The Morgan fingerprint density at radius 3 is 2.44 bits per heavy atom. The average Bonchev–Trinajstić information content (AvgIpc) is 2.73. The van der Waals surface area contributed by atoms with Crippen LogP contribution in [0.2, 0.25) is 0 Å². The Balaban J connectivity index is 2.66. The van der Waals surface area contributed by atoms with Crippen LogP contribution in [0.3, 0.4) is 0 Å². The Kier molecular flexibility index (Phi) is 3.11. The zero-order valence-electron chi connectivity index (χ0n) is 10.1. The summed E-state index contributed by atoms with van der Waals surface area (Å²) in [5.74, 6) is -0.207. The number of hydrogen-bond donors (Lipinski definition) is 1. The molecular weight excluding hydrogens is 243 g/mol. The standard InChI is InChI=1S/C13H14F3NO/c1-7(8(2)17)11-6-10(13(14,15)16)5-9-3-4-18-12(9)11/h3-8H,17H2,1-2H3. The van der Waals surface area contributed by atoms with Gasteiger partial charge in [-0.2, -0.15) is 13.2 Å². The minimum absolute atomic E-state index is 0.207. The van der Waals surface area contributed by atoms with E-state index in [1.54, 1.807) is 13.8 Å². The summed E-state index contributed by atoms with van der Waals surface area (Å²) in [5.41, 5.74) is 6.08. The molecule has 0 spiro atoms. The van der Waals surface area contributed by atoms with Crippen LogP contribution in [0.15, 0.2) is 28.9 Å². The number of halogens is 3. The molecule has 1 aromatic carbocycles. The van der Waals surface area contributed by atoms with Crippen LogP contribution < -0.4 is 5.73 Å². The van der Waals surface area contributed by atoms with Crippen molar-refractivity contribution in [1.29, 1.82) is 0 Å². The fraction of sp³-hybridized carbons (Fsp3) is 0.385. The van der Waals surface area contributed by atoms with Gasteiger partial charge in [-0.15, -0.1) is 0 Å². The highest BCUT2D eigenvalue weighted by Gasteiger charge is 2.32. The first-order valence-electron chi connectivity index (χ1n) is 5.64. The Bertz CT molecular complexity index is 557. The third-order valence-electron chi connectivity index (χ3n) is 3.19. The van der Waals surface area contributed by atoms with Crippen molar-refractivity contribution in [2.45, 2.75) is 32.0 Å². The van der Waals surface area contributed by atoms with Gasteiger partial charge in [-0.25, -0.2) is 0 Å². The third-order valence-corrected chi connectivity index (χ3v) is 3.19. The van der Waals surface area contributed by atoms with E-state index in [4.69, 9.17) is 10.2 Å². The van der Waals surface area contributed by atoms with E-state index < -0.39 is 11.7 Å². The quantitative estimate of drug-likeness (QED) is 0.886. The first-order valence-corrected chi connectivity index (χ1v) is 5.64. The van der Waals surface area contributed by atoms with E-state index in [0.717, 1.165) is 12.1 Å². The van der Waals surface area contributed by atoms with Crippen molar-refractivity contribution in [3.63, 3.8) is 0 Å². The lowest BCUT2D eigenvalue weighted by Gasteiger charge is -2.18. The topological polar surface area (TPSA) is 39.2 Å². The molecule has 2 rings (SSSR count). The van der Waals surface area contributed by atoms with Gasteiger partial charge in [-0.3, -0.25) is 0 Å². The lowest BCUT2D eigenvalue weighted by molar-refractivity contribution is -0.137. The minimum atomic E-state index is -4.36. The summed E-state index contributed by atoms with van der Waals surface area (Å²) in [4.78, 5) is 0. The molecule has 0 amide bonds. The van der Waals surface area contributed by atoms with Gasteiger partial charge in [0.25, 0.3) is 0 Å². The molecule has 2 aromatic rings. The maximum absolute atomic E-state index is 12.8. The van der Waals surface area contributed by atoms with Gasteiger partial charge in [0.2, 0.25) is 0 Å². The van der Waals surface area contributed by atoms with Crippen LogP contribution >= 0.6 is 0 Å². The lowest BCUT2D eigenvalue weighted by atomic mass is 9.92. The van der Waals surface area contributed by atoms with Gasteiger partial charge >= 0.3 is 6.18 Å². The molecule has 0 fully saturated rings. The molecule has 0 saturated heterocycles. The molecule has 0 aliphatic rings. The Labute approximate surface area is 103 Å². The molecule has 0 radical (unpaired) electrons. The lowest BCUT2D eigenvalue weighted by Crippen LogP contribution is -2.23. The zero-order chi connectivity index (χ0) is 13.5. The number of nitrogens with two attached hydrogens (primary N) is 1. The summed E-state index contributed by atoms with van der Waals surface area (Å²) in [6.07, 6.45) is -2.97. The van der Waals surface area contributed by atoms with Crippen molar-refractivity contribution in [3.05, 3.63) is 35.6 Å². The van der Waals surface area contributed by atoms with E-state index in [-0.39, 0.29) is 12.0 Å². The zero-order valence-corrected chi connectivity index (χ0v) is 10.1. The van der Waals surface area contributed by atoms with Crippen LogP contribution in [0.4, 0.5) is 13.2 Å². The van der Waals surface area contributed by atoms with Crippen molar-refractivity contribution in [2.75, 3.05) is 0 Å². The number of fused-ring (bicyclic) bond motifs is 1. The minimum Gasteiger partial charge on any atom is -0.464 e. The summed E-state index contributed by atoms with van der Waals surface area (Å²) in [6.45, 7) is 3.56. The monoisotopic (exact) mass is 257 g/mol. The molecule has 0 aliphatic carbocycles. The molecule has 2 N–H and O–H groups in total. The molecule has 98 valence electrons. The van der Waals surface area contributed by atoms with Crippen molar-refractivity contribution >= 4 is 11.0 Å². The first-order chi connectivity index (χ1) is 8.30. The molecule has 2 nitrogen and oxygen atoms in total. The Morgan fingerprint density at radius 1 is 1.22 bits per heavy atom. The van der Waals surface area contributed by atoms with Crippen LogP contribution in [-0.2, 0) is 6.18 Å². The van der Waals surface area contributed by atoms with Gasteiger partial charge in [-0.1, -0.05) is 6.92 Å².